The van der Waals surface area contributed by atoms with Gasteiger partial charge in [0.25, 0.3) is 0 Å². The van der Waals surface area contributed by atoms with Gasteiger partial charge in [0.15, 0.2) is 12.6 Å². The van der Waals surface area contributed by atoms with Gasteiger partial charge in [-0.05, 0) is 64.2 Å². The number of carbonyl (C=O) groups is 1. The summed E-state index contributed by atoms with van der Waals surface area (Å²) in [5.41, 5.74) is 0. The number of aliphatic hydroxyl groups excluding tert-OH is 8. The Morgan fingerprint density at radius 1 is 0.411 bits per heavy atom. The minimum Gasteiger partial charge on any atom is -0.394 e. The van der Waals surface area contributed by atoms with Gasteiger partial charge in [0.1, 0.15) is 48.8 Å². The van der Waals surface area contributed by atoms with E-state index in [9.17, 15) is 45.6 Å². The van der Waals surface area contributed by atoms with E-state index < -0.39 is 86.8 Å². The van der Waals surface area contributed by atoms with Gasteiger partial charge >= 0.3 is 0 Å². The van der Waals surface area contributed by atoms with E-state index in [1.165, 1.54) is 186 Å². The second kappa shape index (κ2) is 59.9. The Morgan fingerprint density at radius 2 is 0.756 bits per heavy atom. The Bertz CT molecular complexity index is 1830. The van der Waals surface area contributed by atoms with Crippen LogP contribution in [0.1, 0.15) is 296 Å². The molecular formula is C76H135NO13. The fraction of sp³-hybridized carbons (Fsp3) is 0.803. The van der Waals surface area contributed by atoms with Gasteiger partial charge in [-0.2, -0.15) is 0 Å². The average molecular weight is 1270 g/mol. The first kappa shape index (κ1) is 83.3. The van der Waals surface area contributed by atoms with E-state index in [0.29, 0.717) is 19.3 Å². The van der Waals surface area contributed by atoms with E-state index in [2.05, 4.69) is 104 Å². The lowest BCUT2D eigenvalue weighted by Gasteiger charge is -2.46. The molecule has 0 bridgehead atoms. The quantitative estimate of drug-likeness (QED) is 0.0204. The number of unbranched alkanes of at least 4 members (excludes halogenated alkanes) is 33. The highest BCUT2D eigenvalue weighted by Gasteiger charge is 2.51. The van der Waals surface area contributed by atoms with Gasteiger partial charge in [-0.1, -0.05) is 311 Å². The second-order valence-corrected chi connectivity index (χ2v) is 25.7. The molecule has 0 aromatic rings. The standard InChI is InChI=1S/C76H135NO13/c1-3-5-7-9-11-13-15-17-19-21-23-25-27-28-29-30-31-32-33-34-35-36-38-39-41-43-45-47-49-51-53-55-57-59-65(80)64(63-87-75-73(86)71(84)74(67(62-79)89-75)90-76-72(85)70(83)69(82)66(61-78)88-76)77-68(81)60-58-56-54-52-50-48-46-44-42-40-37-26-24-22-20-18-16-14-12-10-8-6-4-2/h6,8,12,14,18,20,24,26,40,42,46,48,52,54,64-67,69-76,78-80,82-86H,3-5,7,9-11,13,15-17,19,21-23,25,27-39,41,43-45,47,49-51,53,55-63H2,1-2H3,(H,77,81)/b8-6-,14-12-,20-18-,26-24-,42-40-,48-46-,54-52-. The predicted molar refractivity (Wildman–Crippen MR) is 369 cm³/mol. The van der Waals surface area contributed by atoms with E-state index in [0.717, 1.165) is 70.6 Å². The van der Waals surface area contributed by atoms with Crippen molar-refractivity contribution in [2.45, 2.75) is 370 Å². The van der Waals surface area contributed by atoms with E-state index in [4.69, 9.17) is 18.9 Å². The largest absolute Gasteiger partial charge is 0.394 e. The molecule has 522 valence electrons. The normalized spacial score (nSPS) is 23.4. The minimum atomic E-state index is -1.79. The number of amides is 1. The summed E-state index contributed by atoms with van der Waals surface area (Å²) in [5.74, 6) is -0.263. The summed E-state index contributed by atoms with van der Waals surface area (Å²) >= 11 is 0. The molecule has 2 aliphatic heterocycles. The Balaban J connectivity index is 1.66. The van der Waals surface area contributed by atoms with Crippen LogP contribution in [0.25, 0.3) is 0 Å². The van der Waals surface area contributed by atoms with Gasteiger partial charge in [0.2, 0.25) is 5.91 Å². The van der Waals surface area contributed by atoms with Crippen molar-refractivity contribution in [3.63, 3.8) is 0 Å². The van der Waals surface area contributed by atoms with Crippen LogP contribution in [0.5, 0.6) is 0 Å². The third-order valence-electron chi connectivity index (χ3n) is 17.6. The van der Waals surface area contributed by atoms with Crippen LogP contribution in [-0.2, 0) is 23.7 Å². The van der Waals surface area contributed by atoms with Crippen molar-refractivity contribution < 1.29 is 64.6 Å². The molecule has 2 saturated heterocycles. The van der Waals surface area contributed by atoms with Crippen LogP contribution in [0.15, 0.2) is 85.1 Å². The molecule has 14 nitrogen and oxygen atoms in total. The van der Waals surface area contributed by atoms with Crippen molar-refractivity contribution in [2.24, 2.45) is 0 Å². The van der Waals surface area contributed by atoms with Crippen LogP contribution in [0, 0.1) is 0 Å². The molecule has 0 saturated carbocycles. The zero-order chi connectivity index (χ0) is 65.2. The number of ether oxygens (including phenoxy) is 4. The first-order valence-electron chi connectivity index (χ1n) is 36.8. The molecule has 0 aromatic heterocycles. The number of carbonyl (C=O) groups excluding carboxylic acids is 1. The van der Waals surface area contributed by atoms with Crippen LogP contribution >= 0.6 is 0 Å². The molecule has 0 aliphatic carbocycles. The smallest absolute Gasteiger partial charge is 0.220 e. The van der Waals surface area contributed by atoms with Crippen LogP contribution in [0.2, 0.25) is 0 Å². The number of nitrogens with one attached hydrogen (secondary N) is 1. The summed E-state index contributed by atoms with van der Waals surface area (Å²) < 4.78 is 22.9. The fourth-order valence-corrected chi connectivity index (χ4v) is 11.8. The monoisotopic (exact) mass is 1270 g/mol. The van der Waals surface area contributed by atoms with Crippen LogP contribution in [-0.4, -0.2) is 140 Å². The first-order chi connectivity index (χ1) is 44.1. The second-order valence-electron chi connectivity index (χ2n) is 25.7. The molecule has 2 rings (SSSR count). The van der Waals surface area contributed by atoms with E-state index >= 15 is 0 Å². The van der Waals surface area contributed by atoms with Crippen molar-refractivity contribution >= 4 is 5.91 Å². The highest BCUT2D eigenvalue weighted by atomic mass is 16.7. The molecule has 9 N–H and O–H groups in total. The Labute approximate surface area is 548 Å². The SMILES string of the molecule is CC/C=C\C/C=C\C/C=C\C/C=C\C/C=C\C/C=C\C/C=C\CCCC(=O)NC(COC1OC(CO)C(OC2OC(CO)C(O)C(O)C2O)C(O)C1O)C(O)CCCCCCCCCCCCCCCCCCCCCCCCCCCCCCCCCCC. The maximum atomic E-state index is 13.3. The summed E-state index contributed by atoms with van der Waals surface area (Å²) in [6, 6.07) is -0.868. The summed E-state index contributed by atoms with van der Waals surface area (Å²) in [5, 5.41) is 87.6. The molecule has 12 unspecified atom stereocenters. The molecule has 2 fully saturated rings. The molecule has 14 heteroatoms. The van der Waals surface area contributed by atoms with Crippen LogP contribution in [0.4, 0.5) is 0 Å². The van der Waals surface area contributed by atoms with E-state index in [-0.39, 0.29) is 18.9 Å². The van der Waals surface area contributed by atoms with Gasteiger partial charge in [-0.25, -0.2) is 0 Å². The molecule has 1 amide bonds. The zero-order valence-electron chi connectivity index (χ0n) is 56.9. The lowest BCUT2D eigenvalue weighted by molar-refractivity contribution is -0.359. The van der Waals surface area contributed by atoms with Crippen molar-refractivity contribution in [1.82, 2.24) is 5.32 Å². The molecule has 0 radical (unpaired) electrons. The average Bonchev–Trinajstić information content (AvgIpc) is 1.28. The number of allylic oxidation sites excluding steroid dienone is 14. The van der Waals surface area contributed by atoms with Gasteiger partial charge in [-0.3, -0.25) is 4.79 Å². The highest BCUT2D eigenvalue weighted by molar-refractivity contribution is 5.76. The Hall–Kier alpha value is -2.83. The maximum Gasteiger partial charge on any atom is 0.220 e. The minimum absolute atomic E-state index is 0.220. The van der Waals surface area contributed by atoms with Gasteiger partial charge < -0.3 is 65.1 Å². The number of hydrogen-bond donors (Lipinski definition) is 9. The third kappa shape index (κ3) is 43.2. The predicted octanol–water partition coefficient (Wildman–Crippen LogP) is 15.6. The highest BCUT2D eigenvalue weighted by Crippen LogP contribution is 2.30. The fourth-order valence-electron chi connectivity index (χ4n) is 11.8. The molecule has 2 aliphatic rings. The molecule has 0 aromatic carbocycles. The van der Waals surface area contributed by atoms with Crippen molar-refractivity contribution in [3.05, 3.63) is 85.1 Å². The molecule has 12 atom stereocenters. The Morgan fingerprint density at radius 3 is 1.13 bits per heavy atom. The molecule has 0 spiro atoms. The van der Waals surface area contributed by atoms with Gasteiger partial charge in [0, 0.05) is 6.42 Å². The Kier molecular flexibility index (Phi) is 55.4. The van der Waals surface area contributed by atoms with Gasteiger partial charge in [0.05, 0.1) is 32.0 Å². The maximum absolute atomic E-state index is 13.3. The summed E-state index contributed by atoms with van der Waals surface area (Å²) in [4.78, 5) is 13.3. The summed E-state index contributed by atoms with van der Waals surface area (Å²) in [6.45, 7) is 2.74. The topological polar surface area (TPSA) is 228 Å². The number of aliphatic hydroxyl groups is 8. The lowest BCUT2D eigenvalue weighted by Crippen LogP contribution is -2.65. The van der Waals surface area contributed by atoms with Crippen molar-refractivity contribution in [1.29, 1.82) is 0 Å². The third-order valence-corrected chi connectivity index (χ3v) is 17.6. The van der Waals surface area contributed by atoms with E-state index in [1.807, 2.05) is 0 Å². The molecular weight excluding hydrogens is 1130 g/mol. The zero-order valence-corrected chi connectivity index (χ0v) is 56.9. The van der Waals surface area contributed by atoms with Crippen LogP contribution in [0.3, 0.4) is 0 Å². The number of hydrogen-bond acceptors (Lipinski definition) is 13. The lowest BCUT2D eigenvalue weighted by atomic mass is 9.97. The van der Waals surface area contributed by atoms with Crippen LogP contribution < -0.4 is 5.32 Å². The molecule has 90 heavy (non-hydrogen) atoms. The first-order valence-corrected chi connectivity index (χ1v) is 36.8. The number of rotatable bonds is 60. The van der Waals surface area contributed by atoms with Crippen molar-refractivity contribution in [2.75, 3.05) is 19.8 Å². The summed E-state index contributed by atoms with van der Waals surface area (Å²) in [7, 11) is 0. The van der Waals surface area contributed by atoms with E-state index in [1.54, 1.807) is 0 Å². The molecule has 2 heterocycles. The van der Waals surface area contributed by atoms with Crippen molar-refractivity contribution in [3.8, 4) is 0 Å². The summed E-state index contributed by atoms with van der Waals surface area (Å²) in [6.07, 6.45) is 66.2. The van der Waals surface area contributed by atoms with Gasteiger partial charge in [-0.15, -0.1) is 0 Å².